The van der Waals surface area contributed by atoms with Crippen LogP contribution in [0.4, 0.5) is 11.4 Å². The smallest absolute Gasteiger partial charge is 0.238 e. The third kappa shape index (κ3) is 2.06. The summed E-state index contributed by atoms with van der Waals surface area (Å²) in [5.74, 6) is -0.323. The van der Waals surface area contributed by atoms with Crippen LogP contribution in [-0.2, 0) is 15.0 Å². The van der Waals surface area contributed by atoms with Crippen molar-refractivity contribution in [3.05, 3.63) is 23.8 Å². The summed E-state index contributed by atoms with van der Waals surface area (Å²) in [6, 6.07) is 7.15. The lowest BCUT2D eigenvalue weighted by molar-refractivity contribution is -0.121. The van der Waals surface area contributed by atoms with Crippen LogP contribution >= 0.6 is 0 Å². The molecule has 0 spiro atoms. The van der Waals surface area contributed by atoms with E-state index in [0.29, 0.717) is 5.69 Å². The Morgan fingerprint density at radius 3 is 2.79 bits per heavy atom. The Hall–Kier alpha value is -2.35. The van der Waals surface area contributed by atoms with Crippen LogP contribution in [0.5, 0.6) is 0 Å². The first kappa shape index (κ1) is 13.1. The van der Waals surface area contributed by atoms with Gasteiger partial charge in [-0.3, -0.25) is 9.59 Å². The number of nitrogens with zero attached hydrogens (tertiary/aromatic N) is 2. The van der Waals surface area contributed by atoms with Crippen molar-refractivity contribution in [2.45, 2.75) is 25.7 Å². The molecule has 0 unspecified atom stereocenters. The largest absolute Gasteiger partial charge is 0.325 e. The van der Waals surface area contributed by atoms with Gasteiger partial charge in [-0.25, -0.2) is 0 Å². The number of hydrogen-bond donors (Lipinski definition) is 1. The van der Waals surface area contributed by atoms with Gasteiger partial charge in [-0.1, -0.05) is 6.07 Å². The molecule has 1 N–H and O–H groups in total. The average Bonchev–Trinajstić information content (AvgIpc) is 2.51. The molecular formula is C14H15N3O2. The maximum absolute atomic E-state index is 12.1. The summed E-state index contributed by atoms with van der Waals surface area (Å²) in [4.78, 5) is 25.1. The van der Waals surface area contributed by atoms with Crippen molar-refractivity contribution >= 4 is 23.2 Å². The fourth-order valence-electron chi connectivity index (χ4n) is 2.34. The van der Waals surface area contributed by atoms with E-state index in [-0.39, 0.29) is 18.2 Å². The fourth-order valence-corrected chi connectivity index (χ4v) is 2.34. The summed E-state index contributed by atoms with van der Waals surface area (Å²) < 4.78 is 0. The van der Waals surface area contributed by atoms with Gasteiger partial charge in [0.2, 0.25) is 11.8 Å². The molecule has 1 aliphatic heterocycles. The summed E-state index contributed by atoms with van der Waals surface area (Å²) in [7, 11) is 1.72. The normalized spacial score (nSPS) is 15.9. The highest BCUT2D eigenvalue weighted by Gasteiger charge is 2.42. The predicted molar refractivity (Wildman–Crippen MR) is 71.7 cm³/mol. The molecule has 1 aromatic rings. The van der Waals surface area contributed by atoms with E-state index >= 15 is 0 Å². The molecule has 0 saturated carbocycles. The minimum atomic E-state index is -0.542. The van der Waals surface area contributed by atoms with Crippen molar-refractivity contribution < 1.29 is 9.59 Å². The van der Waals surface area contributed by atoms with Gasteiger partial charge in [0.25, 0.3) is 0 Å². The van der Waals surface area contributed by atoms with E-state index in [0.717, 1.165) is 11.3 Å². The van der Waals surface area contributed by atoms with E-state index in [9.17, 15) is 9.59 Å². The molecule has 1 aliphatic rings. The number of fused-ring (bicyclic) bond motifs is 1. The van der Waals surface area contributed by atoms with Crippen LogP contribution < -0.4 is 10.2 Å². The second-order valence-electron chi connectivity index (χ2n) is 5.10. The van der Waals surface area contributed by atoms with Crippen LogP contribution in [0.15, 0.2) is 18.2 Å². The second-order valence-corrected chi connectivity index (χ2v) is 5.10. The van der Waals surface area contributed by atoms with Gasteiger partial charge in [-0.15, -0.1) is 0 Å². The number of likely N-dealkylation sites (N-methyl/N-ethyl adjacent to an activating group) is 1. The minimum Gasteiger partial charge on any atom is -0.325 e. The van der Waals surface area contributed by atoms with E-state index in [1.807, 2.05) is 19.9 Å². The Kier molecular flexibility index (Phi) is 3.03. The van der Waals surface area contributed by atoms with Crippen LogP contribution in [0.3, 0.4) is 0 Å². The Balaban J connectivity index is 2.34. The van der Waals surface area contributed by atoms with Crippen molar-refractivity contribution in [1.29, 1.82) is 5.26 Å². The fraction of sp³-hybridized carbons (Fsp3) is 0.357. The molecule has 0 radical (unpaired) electrons. The molecule has 1 heterocycles. The predicted octanol–water partition coefficient (Wildman–Crippen LogP) is 1.79. The first-order chi connectivity index (χ1) is 8.87. The first-order valence-electron chi connectivity index (χ1n) is 5.97. The molecule has 2 rings (SSSR count). The number of carbonyl (C=O) groups is 2. The monoisotopic (exact) mass is 257 g/mol. The highest BCUT2D eigenvalue weighted by atomic mass is 16.2. The Bertz CT molecular complexity index is 599. The summed E-state index contributed by atoms with van der Waals surface area (Å²) >= 11 is 0. The van der Waals surface area contributed by atoms with Crippen molar-refractivity contribution in [3.8, 4) is 6.07 Å². The van der Waals surface area contributed by atoms with Crippen molar-refractivity contribution in [1.82, 2.24) is 0 Å². The molecule has 2 amide bonds. The van der Waals surface area contributed by atoms with E-state index < -0.39 is 5.41 Å². The van der Waals surface area contributed by atoms with Gasteiger partial charge in [-0.05, 0) is 31.5 Å². The van der Waals surface area contributed by atoms with Crippen LogP contribution in [0, 0.1) is 11.3 Å². The number of hydrogen-bond acceptors (Lipinski definition) is 3. The zero-order valence-corrected chi connectivity index (χ0v) is 11.2. The summed E-state index contributed by atoms with van der Waals surface area (Å²) in [5, 5.41) is 11.1. The molecule has 0 saturated heterocycles. The summed E-state index contributed by atoms with van der Waals surface area (Å²) in [6.45, 7) is 3.76. The van der Waals surface area contributed by atoms with Gasteiger partial charge in [0.05, 0.1) is 11.5 Å². The van der Waals surface area contributed by atoms with Gasteiger partial charge in [0, 0.05) is 18.4 Å². The zero-order chi connectivity index (χ0) is 14.2. The van der Waals surface area contributed by atoms with Crippen LogP contribution in [-0.4, -0.2) is 18.9 Å². The van der Waals surface area contributed by atoms with E-state index in [1.54, 1.807) is 30.1 Å². The van der Waals surface area contributed by atoms with Gasteiger partial charge < -0.3 is 10.2 Å². The standard InChI is InChI=1S/C14H15N3O2/c1-14(2)10-5-4-9(16-12(18)6-7-15)8-11(10)17(3)13(14)19/h4-5,8H,6H2,1-3H3,(H,16,18). The summed E-state index contributed by atoms with van der Waals surface area (Å²) in [6.07, 6.45) is -0.183. The molecule has 0 aliphatic carbocycles. The van der Waals surface area contributed by atoms with Crippen LogP contribution in [0.1, 0.15) is 25.8 Å². The maximum atomic E-state index is 12.1. The van der Waals surface area contributed by atoms with Gasteiger partial charge in [-0.2, -0.15) is 5.26 Å². The Morgan fingerprint density at radius 2 is 2.16 bits per heavy atom. The molecule has 0 fully saturated rings. The maximum Gasteiger partial charge on any atom is 0.238 e. The second kappa shape index (κ2) is 4.39. The number of benzene rings is 1. The van der Waals surface area contributed by atoms with Crippen LogP contribution in [0.2, 0.25) is 0 Å². The lowest BCUT2D eigenvalue weighted by atomic mass is 9.86. The van der Waals surface area contributed by atoms with E-state index in [2.05, 4.69) is 5.32 Å². The SMILES string of the molecule is CN1C(=O)C(C)(C)c2ccc(NC(=O)CC#N)cc21. The highest BCUT2D eigenvalue weighted by Crippen LogP contribution is 2.41. The Morgan fingerprint density at radius 1 is 1.47 bits per heavy atom. The van der Waals surface area contributed by atoms with Crippen molar-refractivity contribution in [3.63, 3.8) is 0 Å². The molecule has 5 nitrogen and oxygen atoms in total. The third-order valence-electron chi connectivity index (χ3n) is 3.40. The van der Waals surface area contributed by atoms with Crippen molar-refractivity contribution in [2.24, 2.45) is 0 Å². The van der Waals surface area contributed by atoms with E-state index in [1.165, 1.54) is 0 Å². The van der Waals surface area contributed by atoms with E-state index in [4.69, 9.17) is 5.26 Å². The lowest BCUT2D eigenvalue weighted by Gasteiger charge is -2.16. The average molecular weight is 257 g/mol. The third-order valence-corrected chi connectivity index (χ3v) is 3.40. The number of rotatable bonds is 2. The molecule has 1 aromatic carbocycles. The molecular weight excluding hydrogens is 242 g/mol. The topological polar surface area (TPSA) is 73.2 Å². The summed E-state index contributed by atoms with van der Waals surface area (Å²) in [5.41, 5.74) is 1.79. The van der Waals surface area contributed by atoms with Crippen molar-refractivity contribution in [2.75, 3.05) is 17.3 Å². The highest BCUT2D eigenvalue weighted by molar-refractivity contribution is 6.08. The molecule has 0 bridgehead atoms. The van der Waals surface area contributed by atoms with Gasteiger partial charge >= 0.3 is 0 Å². The number of nitriles is 1. The molecule has 0 aromatic heterocycles. The molecule has 5 heteroatoms. The molecule has 98 valence electrons. The van der Waals surface area contributed by atoms with Crippen LogP contribution in [0.25, 0.3) is 0 Å². The zero-order valence-electron chi connectivity index (χ0n) is 11.2. The first-order valence-corrected chi connectivity index (χ1v) is 5.97. The number of carbonyl (C=O) groups excluding carboxylic acids is 2. The number of anilines is 2. The number of nitrogens with one attached hydrogen (secondary N) is 1. The lowest BCUT2D eigenvalue weighted by Crippen LogP contribution is -2.33. The molecule has 19 heavy (non-hydrogen) atoms. The minimum absolute atomic E-state index is 0.0306. The number of amides is 2. The van der Waals surface area contributed by atoms with Gasteiger partial charge in [0.1, 0.15) is 6.42 Å². The van der Waals surface area contributed by atoms with Gasteiger partial charge in [0.15, 0.2) is 0 Å². The Labute approximate surface area is 111 Å². The molecule has 0 atom stereocenters. The quantitative estimate of drug-likeness (QED) is 0.877.